The van der Waals surface area contributed by atoms with E-state index in [1.165, 1.54) is 0 Å². The Labute approximate surface area is 116 Å². The molecule has 19 heavy (non-hydrogen) atoms. The summed E-state index contributed by atoms with van der Waals surface area (Å²) in [6, 6.07) is 6.59. The minimum atomic E-state index is -0.288. The first-order valence-corrected chi connectivity index (χ1v) is 6.45. The molecule has 6 heteroatoms. The summed E-state index contributed by atoms with van der Waals surface area (Å²) in [6.07, 6.45) is 0. The number of aliphatic hydroxyl groups is 1. The maximum atomic E-state index is 12.0. The molecule has 0 aliphatic carbocycles. The molecule has 0 bridgehead atoms. The van der Waals surface area contributed by atoms with Crippen molar-refractivity contribution < 1.29 is 19.4 Å². The number of nitrogens with zero attached hydrogens (tertiary/aromatic N) is 1. The molecule has 0 saturated carbocycles. The standard InChI is InChI=1S/C13H16ClNO4/c14-10-2-1-3-12(6-10)19-9-13(17)15-4-5-18-8-11(15)7-16/h1-3,6,11,16H,4-5,7-9H2. The van der Waals surface area contributed by atoms with Crippen LogP contribution < -0.4 is 4.74 Å². The summed E-state index contributed by atoms with van der Waals surface area (Å²) in [5.41, 5.74) is 0. The lowest BCUT2D eigenvalue weighted by molar-refractivity contribution is -0.143. The average Bonchev–Trinajstić information content (AvgIpc) is 2.45. The van der Waals surface area contributed by atoms with Gasteiger partial charge in [0.1, 0.15) is 5.75 Å². The molecule has 1 aromatic rings. The van der Waals surface area contributed by atoms with Crippen molar-refractivity contribution in [1.82, 2.24) is 4.90 Å². The summed E-state index contributed by atoms with van der Waals surface area (Å²) in [4.78, 5) is 13.6. The highest BCUT2D eigenvalue weighted by atomic mass is 35.5. The van der Waals surface area contributed by atoms with Gasteiger partial charge in [-0.15, -0.1) is 0 Å². The third kappa shape index (κ3) is 3.83. The highest BCUT2D eigenvalue weighted by molar-refractivity contribution is 6.30. The Balaban J connectivity index is 1.89. The minimum Gasteiger partial charge on any atom is -0.484 e. The van der Waals surface area contributed by atoms with E-state index < -0.39 is 0 Å². The van der Waals surface area contributed by atoms with E-state index in [1.54, 1.807) is 29.2 Å². The molecule has 1 N–H and O–H groups in total. The number of aliphatic hydroxyl groups excluding tert-OH is 1. The number of carbonyl (C=O) groups is 1. The van der Waals surface area contributed by atoms with Gasteiger partial charge in [0, 0.05) is 11.6 Å². The molecule has 1 fully saturated rings. The van der Waals surface area contributed by atoms with E-state index >= 15 is 0 Å². The van der Waals surface area contributed by atoms with Gasteiger partial charge in [-0.25, -0.2) is 0 Å². The van der Waals surface area contributed by atoms with E-state index in [0.717, 1.165) is 0 Å². The van der Waals surface area contributed by atoms with Crippen LogP contribution >= 0.6 is 11.6 Å². The molecular weight excluding hydrogens is 270 g/mol. The molecule has 1 atom stereocenters. The predicted octanol–water partition coefficient (Wildman–Crippen LogP) is 0.938. The zero-order chi connectivity index (χ0) is 13.7. The van der Waals surface area contributed by atoms with Gasteiger partial charge >= 0.3 is 0 Å². The molecule has 1 saturated heterocycles. The van der Waals surface area contributed by atoms with E-state index in [2.05, 4.69) is 0 Å². The second-order valence-corrected chi connectivity index (χ2v) is 4.68. The van der Waals surface area contributed by atoms with Gasteiger partial charge in [0.15, 0.2) is 6.61 Å². The van der Waals surface area contributed by atoms with Crippen molar-refractivity contribution >= 4 is 17.5 Å². The quantitative estimate of drug-likeness (QED) is 0.894. The number of carbonyl (C=O) groups excluding carboxylic acids is 1. The Morgan fingerprint density at radius 2 is 2.42 bits per heavy atom. The van der Waals surface area contributed by atoms with E-state index in [9.17, 15) is 9.90 Å². The molecular formula is C13H16ClNO4. The molecule has 5 nitrogen and oxygen atoms in total. The monoisotopic (exact) mass is 285 g/mol. The molecule has 1 heterocycles. The second-order valence-electron chi connectivity index (χ2n) is 4.24. The van der Waals surface area contributed by atoms with Gasteiger partial charge in [-0.1, -0.05) is 17.7 Å². The second kappa shape index (κ2) is 6.75. The highest BCUT2D eigenvalue weighted by Crippen LogP contribution is 2.17. The molecule has 1 aliphatic rings. The van der Waals surface area contributed by atoms with Gasteiger partial charge in [-0.05, 0) is 18.2 Å². The van der Waals surface area contributed by atoms with Crippen molar-refractivity contribution in [2.24, 2.45) is 0 Å². The number of amides is 1. The maximum Gasteiger partial charge on any atom is 0.260 e. The largest absolute Gasteiger partial charge is 0.484 e. The number of hydrogen-bond donors (Lipinski definition) is 1. The zero-order valence-corrected chi connectivity index (χ0v) is 11.2. The minimum absolute atomic E-state index is 0.0726. The summed E-state index contributed by atoms with van der Waals surface area (Å²) in [5, 5.41) is 9.76. The van der Waals surface area contributed by atoms with Gasteiger partial charge < -0.3 is 19.5 Å². The van der Waals surface area contributed by atoms with E-state index in [0.29, 0.717) is 30.5 Å². The summed E-state index contributed by atoms with van der Waals surface area (Å²) in [5.74, 6) is 0.386. The average molecular weight is 286 g/mol. The number of benzene rings is 1. The molecule has 104 valence electrons. The molecule has 2 rings (SSSR count). The molecule has 1 aromatic carbocycles. The van der Waals surface area contributed by atoms with Gasteiger partial charge in [0.2, 0.25) is 0 Å². The van der Waals surface area contributed by atoms with Crippen LogP contribution in [0.1, 0.15) is 0 Å². The Morgan fingerprint density at radius 1 is 1.58 bits per heavy atom. The summed E-state index contributed by atoms with van der Waals surface area (Å²) in [6.45, 7) is 1.14. The van der Waals surface area contributed by atoms with Gasteiger partial charge in [0.05, 0.1) is 25.9 Å². The van der Waals surface area contributed by atoms with Crippen LogP contribution in [-0.4, -0.2) is 54.9 Å². The van der Waals surface area contributed by atoms with Crippen LogP contribution in [0.4, 0.5) is 0 Å². The van der Waals surface area contributed by atoms with Crippen LogP contribution in [0.25, 0.3) is 0 Å². The fourth-order valence-corrected chi connectivity index (χ4v) is 2.10. The molecule has 1 amide bonds. The lowest BCUT2D eigenvalue weighted by atomic mass is 10.2. The van der Waals surface area contributed by atoms with Crippen LogP contribution in [-0.2, 0) is 9.53 Å². The van der Waals surface area contributed by atoms with Gasteiger partial charge in [-0.3, -0.25) is 4.79 Å². The molecule has 0 spiro atoms. The van der Waals surface area contributed by atoms with Crippen LogP contribution in [0.15, 0.2) is 24.3 Å². The van der Waals surface area contributed by atoms with Crippen molar-refractivity contribution in [3.63, 3.8) is 0 Å². The molecule has 0 radical (unpaired) electrons. The van der Waals surface area contributed by atoms with Crippen molar-refractivity contribution in [3.8, 4) is 5.75 Å². The van der Waals surface area contributed by atoms with Crippen molar-refractivity contribution in [2.75, 3.05) is 33.0 Å². The zero-order valence-electron chi connectivity index (χ0n) is 10.4. The van der Waals surface area contributed by atoms with E-state index in [-0.39, 0.29) is 25.2 Å². The summed E-state index contributed by atoms with van der Waals surface area (Å²) >= 11 is 5.83. The first-order chi connectivity index (χ1) is 9.20. The maximum absolute atomic E-state index is 12.0. The topological polar surface area (TPSA) is 59.0 Å². The van der Waals surface area contributed by atoms with E-state index in [4.69, 9.17) is 21.1 Å². The predicted molar refractivity (Wildman–Crippen MR) is 70.4 cm³/mol. The number of rotatable bonds is 4. The normalized spacial score (nSPS) is 19.3. The Bertz CT molecular complexity index is 440. The molecule has 1 aliphatic heterocycles. The van der Waals surface area contributed by atoms with Crippen molar-refractivity contribution in [3.05, 3.63) is 29.3 Å². The fourth-order valence-electron chi connectivity index (χ4n) is 1.92. The highest BCUT2D eigenvalue weighted by Gasteiger charge is 2.26. The number of morpholine rings is 1. The lowest BCUT2D eigenvalue weighted by Crippen LogP contribution is -2.51. The summed E-state index contributed by atoms with van der Waals surface area (Å²) < 4.78 is 10.6. The van der Waals surface area contributed by atoms with Crippen LogP contribution in [0.2, 0.25) is 5.02 Å². The Hall–Kier alpha value is -1.30. The molecule has 1 unspecified atom stereocenters. The smallest absolute Gasteiger partial charge is 0.260 e. The fraction of sp³-hybridized carbons (Fsp3) is 0.462. The van der Waals surface area contributed by atoms with Crippen LogP contribution in [0, 0.1) is 0 Å². The summed E-state index contributed by atoms with van der Waals surface area (Å²) in [7, 11) is 0. The van der Waals surface area contributed by atoms with Gasteiger partial charge in [-0.2, -0.15) is 0 Å². The van der Waals surface area contributed by atoms with Crippen molar-refractivity contribution in [2.45, 2.75) is 6.04 Å². The Morgan fingerprint density at radius 3 is 3.16 bits per heavy atom. The first kappa shape index (κ1) is 14.1. The first-order valence-electron chi connectivity index (χ1n) is 6.07. The number of halogens is 1. The van der Waals surface area contributed by atoms with Crippen LogP contribution in [0.3, 0.4) is 0 Å². The third-order valence-electron chi connectivity index (χ3n) is 2.92. The Kier molecular flexibility index (Phi) is 5.01. The SMILES string of the molecule is O=C(COc1cccc(Cl)c1)N1CCOCC1CO. The lowest BCUT2D eigenvalue weighted by Gasteiger charge is -2.34. The van der Waals surface area contributed by atoms with Crippen LogP contribution in [0.5, 0.6) is 5.75 Å². The van der Waals surface area contributed by atoms with Gasteiger partial charge in [0.25, 0.3) is 5.91 Å². The number of hydrogen-bond acceptors (Lipinski definition) is 4. The number of ether oxygens (including phenoxy) is 2. The molecule has 0 aromatic heterocycles. The van der Waals surface area contributed by atoms with Crippen molar-refractivity contribution in [1.29, 1.82) is 0 Å². The third-order valence-corrected chi connectivity index (χ3v) is 3.15. The van der Waals surface area contributed by atoms with E-state index in [1.807, 2.05) is 0 Å².